The molecular weight excluding hydrogens is 681 g/mol. The summed E-state index contributed by atoms with van der Waals surface area (Å²) in [7, 11) is -4.39. The van der Waals surface area contributed by atoms with Crippen LogP contribution in [0.15, 0.2) is 112 Å². The minimum atomic E-state index is -4.39. The molecule has 2 amide bonds. The van der Waals surface area contributed by atoms with Crippen molar-refractivity contribution in [2.75, 3.05) is 10.8 Å². The Morgan fingerprint density at radius 3 is 2.15 bits per heavy atom. The molecule has 1 N–H and O–H groups in total. The van der Waals surface area contributed by atoms with Crippen LogP contribution in [0, 0.1) is 12.7 Å². The van der Waals surface area contributed by atoms with Crippen molar-refractivity contribution in [2.45, 2.75) is 69.0 Å². The van der Waals surface area contributed by atoms with Gasteiger partial charge in [-0.2, -0.15) is 0 Å². The van der Waals surface area contributed by atoms with E-state index in [1.807, 2.05) is 61.5 Å². The molecule has 10 heteroatoms. The number of amides is 2. The number of para-hydroxylation sites is 1. The summed E-state index contributed by atoms with van der Waals surface area (Å²) in [6.45, 7) is 1.16. The lowest BCUT2D eigenvalue weighted by Gasteiger charge is -2.35. The number of nitrogens with zero attached hydrogens (tertiary/aromatic N) is 2. The molecule has 0 aromatic heterocycles. The Kier molecular flexibility index (Phi) is 11.5. The summed E-state index contributed by atoms with van der Waals surface area (Å²) in [4.78, 5) is 30.1. The van der Waals surface area contributed by atoms with Crippen LogP contribution in [0.4, 0.5) is 10.1 Å². The number of aryl methyl sites for hydroxylation is 1. The standard InChI is InChI=1S/C37H39BrFN3O4S/c1-27-16-22-32(23-17-27)47(45,46)42(34-15-9-8-14-33(34)39)26-36(43)41(25-29-18-20-30(38)21-19-29)35(24-28-10-4-2-5-11-28)37(44)40-31-12-6-3-7-13-31/h2,4-5,8-11,14-23,31,35H,3,6-7,12-13,24-26H2,1H3,(H,40,44). The minimum absolute atomic E-state index is 0.00372. The summed E-state index contributed by atoms with van der Waals surface area (Å²) in [6.07, 6.45) is 5.09. The highest BCUT2D eigenvalue weighted by Crippen LogP contribution is 2.28. The van der Waals surface area contributed by atoms with Crippen molar-refractivity contribution in [3.63, 3.8) is 0 Å². The van der Waals surface area contributed by atoms with Crippen LogP contribution in [0.5, 0.6) is 0 Å². The maximum Gasteiger partial charge on any atom is 0.264 e. The van der Waals surface area contributed by atoms with Gasteiger partial charge >= 0.3 is 0 Å². The predicted molar refractivity (Wildman–Crippen MR) is 186 cm³/mol. The molecule has 0 spiro atoms. The molecule has 246 valence electrons. The third kappa shape index (κ3) is 8.87. The van der Waals surface area contributed by atoms with Crippen LogP contribution in [-0.2, 0) is 32.6 Å². The molecule has 5 rings (SSSR count). The second-order valence-electron chi connectivity index (χ2n) is 12.0. The largest absolute Gasteiger partial charge is 0.352 e. The first-order valence-corrected chi connectivity index (χ1v) is 18.1. The molecule has 47 heavy (non-hydrogen) atoms. The zero-order valence-electron chi connectivity index (χ0n) is 26.3. The van der Waals surface area contributed by atoms with Crippen LogP contribution in [0.1, 0.15) is 48.8 Å². The Balaban J connectivity index is 1.56. The van der Waals surface area contributed by atoms with Gasteiger partial charge in [-0.25, -0.2) is 12.8 Å². The maximum absolute atomic E-state index is 15.3. The van der Waals surface area contributed by atoms with Gasteiger partial charge in [0.25, 0.3) is 10.0 Å². The van der Waals surface area contributed by atoms with Gasteiger partial charge in [0.15, 0.2) is 0 Å². The fourth-order valence-corrected chi connectivity index (χ4v) is 7.58. The number of anilines is 1. The molecule has 0 heterocycles. The van der Waals surface area contributed by atoms with E-state index in [9.17, 15) is 18.0 Å². The number of carbonyl (C=O) groups excluding carboxylic acids is 2. The summed E-state index contributed by atoms with van der Waals surface area (Å²) in [6, 6.07) is 27.5. The Hall–Kier alpha value is -4.02. The Labute approximate surface area is 285 Å². The van der Waals surface area contributed by atoms with E-state index in [-0.39, 0.29) is 35.5 Å². The van der Waals surface area contributed by atoms with E-state index in [0.29, 0.717) is 0 Å². The van der Waals surface area contributed by atoms with E-state index in [2.05, 4.69) is 21.2 Å². The van der Waals surface area contributed by atoms with Crippen LogP contribution >= 0.6 is 15.9 Å². The van der Waals surface area contributed by atoms with Gasteiger partial charge in [0, 0.05) is 23.5 Å². The number of sulfonamides is 1. The Bertz CT molecular complexity index is 1760. The molecule has 1 aliphatic carbocycles. The van der Waals surface area contributed by atoms with Crippen molar-refractivity contribution in [3.05, 3.63) is 130 Å². The number of rotatable bonds is 12. The monoisotopic (exact) mass is 719 g/mol. The van der Waals surface area contributed by atoms with E-state index >= 15 is 4.39 Å². The number of carbonyl (C=O) groups is 2. The molecule has 1 saturated carbocycles. The Morgan fingerprint density at radius 2 is 1.49 bits per heavy atom. The molecule has 0 saturated heterocycles. The van der Waals surface area contributed by atoms with E-state index in [1.54, 1.807) is 12.1 Å². The second-order valence-corrected chi connectivity index (χ2v) is 14.8. The zero-order valence-corrected chi connectivity index (χ0v) is 28.7. The van der Waals surface area contributed by atoms with Gasteiger partial charge in [0.05, 0.1) is 10.6 Å². The number of benzene rings is 4. The molecule has 0 aliphatic heterocycles. The molecule has 1 atom stereocenters. The number of nitrogens with one attached hydrogen (secondary N) is 1. The smallest absolute Gasteiger partial charge is 0.264 e. The van der Waals surface area contributed by atoms with Crippen molar-refractivity contribution in [1.29, 1.82) is 0 Å². The average molecular weight is 721 g/mol. The normalized spacial score (nSPS) is 14.3. The van der Waals surface area contributed by atoms with Gasteiger partial charge in [0.1, 0.15) is 18.4 Å². The molecular formula is C37H39BrFN3O4S. The second kappa shape index (κ2) is 15.7. The lowest BCUT2D eigenvalue weighted by atomic mass is 9.94. The van der Waals surface area contributed by atoms with E-state index < -0.39 is 34.3 Å². The van der Waals surface area contributed by atoms with Crippen LogP contribution in [0.25, 0.3) is 0 Å². The average Bonchev–Trinajstić information content (AvgIpc) is 3.07. The summed E-state index contributed by atoms with van der Waals surface area (Å²) < 4.78 is 45.2. The van der Waals surface area contributed by atoms with Gasteiger partial charge in [-0.15, -0.1) is 0 Å². The number of halogens is 2. The van der Waals surface area contributed by atoms with E-state index in [4.69, 9.17) is 0 Å². The van der Waals surface area contributed by atoms with Crippen molar-refractivity contribution in [1.82, 2.24) is 10.2 Å². The molecule has 0 bridgehead atoms. The highest BCUT2D eigenvalue weighted by molar-refractivity contribution is 9.10. The SMILES string of the molecule is Cc1ccc(S(=O)(=O)N(CC(=O)N(Cc2ccc(Br)cc2)C(Cc2ccccc2)C(=O)NC2CCCCC2)c2ccccc2F)cc1. The van der Waals surface area contributed by atoms with Crippen LogP contribution < -0.4 is 9.62 Å². The lowest BCUT2D eigenvalue weighted by molar-refractivity contribution is -0.140. The maximum atomic E-state index is 15.3. The molecule has 1 aliphatic rings. The van der Waals surface area contributed by atoms with Gasteiger partial charge < -0.3 is 10.2 Å². The minimum Gasteiger partial charge on any atom is -0.352 e. The van der Waals surface area contributed by atoms with Crippen molar-refractivity contribution in [2.24, 2.45) is 0 Å². The highest BCUT2D eigenvalue weighted by Gasteiger charge is 2.36. The van der Waals surface area contributed by atoms with Crippen molar-refractivity contribution >= 4 is 43.5 Å². The van der Waals surface area contributed by atoms with Crippen molar-refractivity contribution < 1.29 is 22.4 Å². The number of hydrogen-bond donors (Lipinski definition) is 1. The van der Waals surface area contributed by atoms with Gasteiger partial charge in [-0.1, -0.05) is 107 Å². The Morgan fingerprint density at radius 1 is 0.851 bits per heavy atom. The summed E-state index contributed by atoms with van der Waals surface area (Å²) in [5.74, 6) is -1.72. The van der Waals surface area contributed by atoms with Crippen LogP contribution in [0.3, 0.4) is 0 Å². The zero-order chi connectivity index (χ0) is 33.4. The quantitative estimate of drug-likeness (QED) is 0.168. The lowest BCUT2D eigenvalue weighted by Crippen LogP contribution is -2.55. The molecule has 0 radical (unpaired) electrons. The van der Waals surface area contributed by atoms with E-state index in [1.165, 1.54) is 35.2 Å². The molecule has 1 fully saturated rings. The van der Waals surface area contributed by atoms with Crippen molar-refractivity contribution in [3.8, 4) is 0 Å². The van der Waals surface area contributed by atoms with Crippen LogP contribution in [0.2, 0.25) is 0 Å². The fourth-order valence-electron chi connectivity index (χ4n) is 5.89. The predicted octanol–water partition coefficient (Wildman–Crippen LogP) is 7.18. The van der Waals surface area contributed by atoms with Gasteiger partial charge in [-0.3, -0.25) is 13.9 Å². The van der Waals surface area contributed by atoms with Gasteiger partial charge in [0.2, 0.25) is 11.8 Å². The number of hydrogen-bond acceptors (Lipinski definition) is 4. The highest BCUT2D eigenvalue weighted by atomic mass is 79.9. The summed E-state index contributed by atoms with van der Waals surface area (Å²) >= 11 is 3.45. The first kappa shape index (κ1) is 34.3. The first-order valence-electron chi connectivity index (χ1n) is 15.8. The molecule has 1 unspecified atom stereocenters. The molecule has 4 aromatic rings. The molecule has 4 aromatic carbocycles. The fraction of sp³-hybridized carbons (Fsp3) is 0.297. The third-order valence-electron chi connectivity index (χ3n) is 8.50. The first-order chi connectivity index (χ1) is 22.6. The topological polar surface area (TPSA) is 86.8 Å². The summed E-state index contributed by atoms with van der Waals surface area (Å²) in [5, 5.41) is 3.19. The van der Waals surface area contributed by atoms with E-state index in [0.717, 1.165) is 63.6 Å². The molecule has 7 nitrogen and oxygen atoms in total. The third-order valence-corrected chi connectivity index (χ3v) is 10.8. The van der Waals surface area contributed by atoms with Crippen LogP contribution in [-0.4, -0.2) is 43.8 Å². The van der Waals surface area contributed by atoms with Gasteiger partial charge in [-0.05, 0) is 67.3 Å². The summed E-state index contributed by atoms with van der Waals surface area (Å²) in [5.41, 5.74) is 2.20.